The lowest BCUT2D eigenvalue weighted by Gasteiger charge is -2.26. The molecule has 0 bridgehead atoms. The average molecular weight is 350 g/mol. The smallest absolute Gasteiger partial charge is 0.127 e. The van der Waals surface area contributed by atoms with E-state index in [1.807, 2.05) is 48.5 Å². The third-order valence-corrected chi connectivity index (χ3v) is 5.18. The molecule has 0 radical (unpaired) electrons. The molecule has 0 aliphatic carbocycles. The van der Waals surface area contributed by atoms with Crippen molar-refractivity contribution in [3.05, 3.63) is 67.3 Å². The van der Waals surface area contributed by atoms with Crippen LogP contribution in [0.15, 0.2) is 67.3 Å². The summed E-state index contributed by atoms with van der Waals surface area (Å²) < 4.78 is 11.8. The average Bonchev–Trinajstić information content (AvgIpc) is 3.34. The van der Waals surface area contributed by atoms with Gasteiger partial charge in [0.05, 0.1) is 12.1 Å². The molecular weight excluding hydrogens is 324 g/mol. The molecular formula is C22H26N2O2. The van der Waals surface area contributed by atoms with E-state index in [9.17, 15) is 0 Å². The van der Waals surface area contributed by atoms with E-state index in [1.165, 1.54) is 0 Å². The largest absolute Gasteiger partial charge is 0.457 e. The van der Waals surface area contributed by atoms with Gasteiger partial charge in [-0.15, -0.1) is 6.58 Å². The highest BCUT2D eigenvalue weighted by molar-refractivity contribution is 5.48. The maximum Gasteiger partial charge on any atom is 0.127 e. The third kappa shape index (κ3) is 3.92. The highest BCUT2D eigenvalue weighted by atomic mass is 16.5. The van der Waals surface area contributed by atoms with E-state index in [1.54, 1.807) is 0 Å². The maximum absolute atomic E-state index is 5.93. The number of hydrogen-bond donors (Lipinski definition) is 2. The van der Waals surface area contributed by atoms with Crippen molar-refractivity contribution in [2.45, 2.75) is 43.5 Å². The van der Waals surface area contributed by atoms with Crippen molar-refractivity contribution in [1.82, 2.24) is 5.32 Å². The van der Waals surface area contributed by atoms with Crippen LogP contribution in [-0.2, 0) is 4.74 Å². The molecule has 136 valence electrons. The molecule has 2 aliphatic rings. The molecule has 4 heteroatoms. The van der Waals surface area contributed by atoms with Gasteiger partial charge in [0.2, 0.25) is 0 Å². The molecule has 26 heavy (non-hydrogen) atoms. The van der Waals surface area contributed by atoms with Gasteiger partial charge in [-0.3, -0.25) is 0 Å². The lowest BCUT2D eigenvalue weighted by Crippen LogP contribution is -2.45. The Morgan fingerprint density at radius 3 is 2.54 bits per heavy atom. The molecule has 2 fully saturated rings. The van der Waals surface area contributed by atoms with Gasteiger partial charge in [-0.1, -0.05) is 24.3 Å². The summed E-state index contributed by atoms with van der Waals surface area (Å²) in [6.45, 7) is 4.82. The van der Waals surface area contributed by atoms with E-state index >= 15 is 0 Å². The third-order valence-electron chi connectivity index (χ3n) is 5.18. The number of hydrogen-bond acceptors (Lipinski definition) is 4. The first-order valence-electron chi connectivity index (χ1n) is 9.41. The summed E-state index contributed by atoms with van der Waals surface area (Å²) in [5.74, 6) is 1.69. The van der Waals surface area contributed by atoms with Crippen LogP contribution in [0.4, 0.5) is 5.69 Å². The molecule has 2 aromatic rings. The zero-order chi connectivity index (χ0) is 17.8. The second-order valence-electron chi connectivity index (χ2n) is 7.01. The molecule has 4 rings (SSSR count). The van der Waals surface area contributed by atoms with Crippen molar-refractivity contribution in [3.63, 3.8) is 0 Å². The number of ether oxygens (including phenoxy) is 2. The van der Waals surface area contributed by atoms with E-state index in [4.69, 9.17) is 9.47 Å². The molecule has 2 N–H and O–H groups in total. The molecule has 4 atom stereocenters. The van der Waals surface area contributed by atoms with Crippen LogP contribution in [0.2, 0.25) is 0 Å². The van der Waals surface area contributed by atoms with Crippen LogP contribution in [0.5, 0.6) is 11.5 Å². The van der Waals surface area contributed by atoms with Crippen molar-refractivity contribution >= 4 is 5.69 Å². The normalized spacial score (nSPS) is 28.0. The molecule has 2 aromatic carbocycles. The topological polar surface area (TPSA) is 42.5 Å². The lowest BCUT2D eigenvalue weighted by atomic mass is 10.0. The zero-order valence-electron chi connectivity index (χ0n) is 14.9. The summed E-state index contributed by atoms with van der Waals surface area (Å²) in [5.41, 5.74) is 1.10. The summed E-state index contributed by atoms with van der Waals surface area (Å²) in [6.07, 6.45) is 5.60. The number of anilines is 1. The Bertz CT molecular complexity index is 711. The van der Waals surface area contributed by atoms with Crippen molar-refractivity contribution in [1.29, 1.82) is 0 Å². The van der Waals surface area contributed by atoms with E-state index in [0.29, 0.717) is 18.1 Å². The summed E-state index contributed by atoms with van der Waals surface area (Å²) in [7, 11) is 0. The van der Waals surface area contributed by atoms with Gasteiger partial charge in [-0.05, 0) is 55.7 Å². The predicted octanol–water partition coefficient (Wildman–Crippen LogP) is 4.35. The Labute approximate surface area is 155 Å². The Balaban J connectivity index is 1.41. The number of rotatable bonds is 6. The summed E-state index contributed by atoms with van der Waals surface area (Å²) in [4.78, 5) is 0. The summed E-state index contributed by atoms with van der Waals surface area (Å²) in [6, 6.07) is 19.0. The molecule has 0 spiro atoms. The van der Waals surface area contributed by atoms with E-state index < -0.39 is 0 Å². The fraction of sp³-hybridized carbons (Fsp3) is 0.364. The minimum Gasteiger partial charge on any atom is -0.457 e. The standard InChI is InChI=1S/C22H26N2O2/c1-2-16-15-20(22(24-16)21-9-6-14-25-21)23-17-10-12-19(13-11-17)26-18-7-4-3-5-8-18/h2-5,7-8,10-13,16,20-24H,1,6,9,14-15H2. The van der Waals surface area contributed by atoms with Crippen molar-refractivity contribution in [3.8, 4) is 11.5 Å². The minimum absolute atomic E-state index is 0.290. The zero-order valence-corrected chi connectivity index (χ0v) is 14.9. The van der Waals surface area contributed by atoms with Crippen LogP contribution in [0.3, 0.4) is 0 Å². The molecule has 2 heterocycles. The second kappa shape index (κ2) is 7.94. The Hall–Kier alpha value is -2.30. The van der Waals surface area contributed by atoms with Gasteiger partial charge in [0, 0.05) is 24.4 Å². The van der Waals surface area contributed by atoms with Crippen LogP contribution in [0.1, 0.15) is 19.3 Å². The SMILES string of the molecule is C=CC1CC(Nc2ccc(Oc3ccccc3)cc2)C(C2CCCO2)N1. The van der Waals surface area contributed by atoms with Gasteiger partial charge in [-0.25, -0.2) is 0 Å². The fourth-order valence-corrected chi connectivity index (χ4v) is 3.87. The van der Waals surface area contributed by atoms with Crippen molar-refractivity contribution in [2.24, 2.45) is 0 Å². The fourth-order valence-electron chi connectivity index (χ4n) is 3.87. The van der Waals surface area contributed by atoms with E-state index in [2.05, 4.69) is 29.3 Å². The Morgan fingerprint density at radius 2 is 1.85 bits per heavy atom. The predicted molar refractivity (Wildman–Crippen MR) is 105 cm³/mol. The quantitative estimate of drug-likeness (QED) is 0.760. The van der Waals surface area contributed by atoms with Crippen molar-refractivity contribution < 1.29 is 9.47 Å². The second-order valence-corrected chi connectivity index (χ2v) is 7.01. The number of nitrogens with one attached hydrogen (secondary N) is 2. The van der Waals surface area contributed by atoms with Crippen LogP contribution in [-0.4, -0.2) is 30.8 Å². The molecule has 4 unspecified atom stereocenters. The van der Waals surface area contributed by atoms with E-state index in [0.717, 1.165) is 43.1 Å². The van der Waals surface area contributed by atoms with E-state index in [-0.39, 0.29) is 6.10 Å². The lowest BCUT2D eigenvalue weighted by molar-refractivity contribution is 0.0809. The molecule has 0 saturated carbocycles. The molecule has 0 amide bonds. The first-order valence-corrected chi connectivity index (χ1v) is 9.41. The molecule has 4 nitrogen and oxygen atoms in total. The summed E-state index contributed by atoms with van der Waals surface area (Å²) in [5, 5.41) is 7.34. The van der Waals surface area contributed by atoms with Gasteiger partial charge >= 0.3 is 0 Å². The number of benzene rings is 2. The molecule has 2 saturated heterocycles. The minimum atomic E-state index is 0.290. The monoisotopic (exact) mass is 350 g/mol. The summed E-state index contributed by atoms with van der Waals surface area (Å²) >= 11 is 0. The van der Waals surface area contributed by atoms with Gasteiger partial charge in [-0.2, -0.15) is 0 Å². The Kier molecular flexibility index (Phi) is 5.23. The van der Waals surface area contributed by atoms with Crippen LogP contribution in [0.25, 0.3) is 0 Å². The number of para-hydroxylation sites is 1. The Morgan fingerprint density at radius 1 is 1.08 bits per heavy atom. The van der Waals surface area contributed by atoms with Crippen LogP contribution >= 0.6 is 0 Å². The molecule has 0 aromatic heterocycles. The highest BCUT2D eigenvalue weighted by Crippen LogP contribution is 2.28. The molecule has 2 aliphatic heterocycles. The van der Waals surface area contributed by atoms with Gasteiger partial charge < -0.3 is 20.1 Å². The van der Waals surface area contributed by atoms with Crippen LogP contribution < -0.4 is 15.4 Å². The first kappa shape index (κ1) is 17.1. The highest BCUT2D eigenvalue weighted by Gasteiger charge is 2.39. The first-order chi connectivity index (χ1) is 12.8. The van der Waals surface area contributed by atoms with Crippen LogP contribution in [0, 0.1) is 0 Å². The van der Waals surface area contributed by atoms with Gasteiger partial charge in [0.25, 0.3) is 0 Å². The maximum atomic E-state index is 5.93. The van der Waals surface area contributed by atoms with Crippen molar-refractivity contribution in [2.75, 3.05) is 11.9 Å². The van der Waals surface area contributed by atoms with Gasteiger partial charge in [0.15, 0.2) is 0 Å². The van der Waals surface area contributed by atoms with Gasteiger partial charge in [0.1, 0.15) is 11.5 Å².